The number of carbonyl (C=O) groups excluding carboxylic acids is 1. The summed E-state index contributed by atoms with van der Waals surface area (Å²) in [6.45, 7) is 2.06. The maximum absolute atomic E-state index is 10.6. The van der Waals surface area contributed by atoms with Crippen molar-refractivity contribution >= 4 is 6.29 Å². The van der Waals surface area contributed by atoms with Gasteiger partial charge in [-0.05, 0) is 18.8 Å². The second kappa shape index (κ2) is 2.70. The van der Waals surface area contributed by atoms with Crippen LogP contribution in [0.25, 0.3) is 0 Å². The fourth-order valence-electron chi connectivity index (χ4n) is 1.72. The van der Waals surface area contributed by atoms with Crippen molar-refractivity contribution in [2.75, 3.05) is 6.61 Å². The molecule has 2 heteroatoms. The Hall–Kier alpha value is -0.370. The fraction of sp³-hybridized carbons (Fsp3) is 0.875. The summed E-state index contributed by atoms with van der Waals surface area (Å²) in [5.41, 5.74) is -0.389. The predicted molar refractivity (Wildman–Crippen MR) is 38.6 cm³/mol. The van der Waals surface area contributed by atoms with Gasteiger partial charge in [0.2, 0.25) is 0 Å². The van der Waals surface area contributed by atoms with Crippen LogP contribution in [0.4, 0.5) is 0 Å². The summed E-state index contributed by atoms with van der Waals surface area (Å²) in [5.74, 6) is 0.370. The monoisotopic (exact) mass is 142 g/mol. The Kier molecular flexibility index (Phi) is 2.09. The highest BCUT2D eigenvalue weighted by atomic mass is 16.3. The van der Waals surface area contributed by atoms with Crippen molar-refractivity contribution in [3.63, 3.8) is 0 Å². The van der Waals surface area contributed by atoms with Gasteiger partial charge in [0, 0.05) is 0 Å². The third-order valence-corrected chi connectivity index (χ3v) is 2.79. The molecule has 2 atom stereocenters. The van der Waals surface area contributed by atoms with E-state index in [0.717, 1.165) is 25.5 Å². The van der Waals surface area contributed by atoms with E-state index in [4.69, 9.17) is 5.11 Å². The standard InChI is InChI=1S/C8H14O2/c1-7-3-2-4-8(7,5-9)6-10/h5,7,10H,2-4,6H2,1H3. The Morgan fingerprint density at radius 1 is 1.80 bits per heavy atom. The van der Waals surface area contributed by atoms with Gasteiger partial charge in [0.05, 0.1) is 12.0 Å². The lowest BCUT2D eigenvalue weighted by molar-refractivity contribution is -0.120. The molecule has 1 N–H and O–H groups in total. The molecule has 58 valence electrons. The first kappa shape index (κ1) is 7.73. The molecule has 0 saturated heterocycles. The molecule has 0 radical (unpaired) electrons. The van der Waals surface area contributed by atoms with Gasteiger partial charge in [-0.2, -0.15) is 0 Å². The molecule has 1 rings (SSSR count). The number of carbonyl (C=O) groups is 1. The van der Waals surface area contributed by atoms with E-state index in [1.807, 2.05) is 6.92 Å². The van der Waals surface area contributed by atoms with Crippen LogP contribution in [0.5, 0.6) is 0 Å². The van der Waals surface area contributed by atoms with Crippen LogP contribution in [0.3, 0.4) is 0 Å². The van der Waals surface area contributed by atoms with E-state index >= 15 is 0 Å². The third-order valence-electron chi connectivity index (χ3n) is 2.79. The van der Waals surface area contributed by atoms with Crippen molar-refractivity contribution in [3.8, 4) is 0 Å². The topological polar surface area (TPSA) is 37.3 Å². The van der Waals surface area contributed by atoms with Gasteiger partial charge in [-0.15, -0.1) is 0 Å². The van der Waals surface area contributed by atoms with Crippen LogP contribution in [0, 0.1) is 11.3 Å². The van der Waals surface area contributed by atoms with Crippen LogP contribution in [0.15, 0.2) is 0 Å². The zero-order valence-electron chi connectivity index (χ0n) is 6.34. The summed E-state index contributed by atoms with van der Waals surface area (Å²) in [7, 11) is 0. The largest absolute Gasteiger partial charge is 0.395 e. The van der Waals surface area contributed by atoms with Crippen molar-refractivity contribution in [1.82, 2.24) is 0 Å². The highest BCUT2D eigenvalue weighted by Crippen LogP contribution is 2.40. The summed E-state index contributed by atoms with van der Waals surface area (Å²) in [6.07, 6.45) is 3.97. The van der Waals surface area contributed by atoms with Gasteiger partial charge in [-0.1, -0.05) is 13.3 Å². The molecule has 1 saturated carbocycles. The minimum Gasteiger partial charge on any atom is -0.395 e. The van der Waals surface area contributed by atoms with Gasteiger partial charge < -0.3 is 9.90 Å². The molecule has 0 bridgehead atoms. The molecule has 0 aromatic rings. The number of hydrogen-bond donors (Lipinski definition) is 1. The highest BCUT2D eigenvalue weighted by Gasteiger charge is 2.39. The minimum atomic E-state index is -0.389. The molecule has 0 heterocycles. The number of aldehydes is 1. The lowest BCUT2D eigenvalue weighted by Crippen LogP contribution is -2.29. The lowest BCUT2D eigenvalue weighted by Gasteiger charge is -2.23. The molecule has 1 aliphatic carbocycles. The third kappa shape index (κ3) is 0.966. The van der Waals surface area contributed by atoms with E-state index < -0.39 is 0 Å². The summed E-state index contributed by atoms with van der Waals surface area (Å²) in [4.78, 5) is 10.6. The normalized spacial score (nSPS) is 40.0. The maximum Gasteiger partial charge on any atom is 0.128 e. The van der Waals surface area contributed by atoms with E-state index in [9.17, 15) is 4.79 Å². The molecule has 0 aromatic carbocycles. The number of aliphatic hydroxyl groups excluding tert-OH is 1. The molecule has 0 spiro atoms. The van der Waals surface area contributed by atoms with Crippen molar-refractivity contribution in [3.05, 3.63) is 0 Å². The Labute approximate surface area is 61.2 Å². The number of hydrogen-bond acceptors (Lipinski definition) is 2. The summed E-state index contributed by atoms with van der Waals surface area (Å²) in [6, 6.07) is 0. The van der Waals surface area contributed by atoms with Gasteiger partial charge in [0.1, 0.15) is 6.29 Å². The van der Waals surface area contributed by atoms with Crippen LogP contribution in [-0.4, -0.2) is 18.0 Å². The second-order valence-corrected chi connectivity index (χ2v) is 3.30. The van der Waals surface area contributed by atoms with Crippen LogP contribution in [0.2, 0.25) is 0 Å². The minimum absolute atomic E-state index is 0.0255. The first-order chi connectivity index (χ1) is 4.75. The number of rotatable bonds is 2. The Morgan fingerprint density at radius 2 is 2.50 bits per heavy atom. The van der Waals surface area contributed by atoms with Gasteiger partial charge in [-0.25, -0.2) is 0 Å². The average molecular weight is 142 g/mol. The molecule has 2 nitrogen and oxygen atoms in total. The van der Waals surface area contributed by atoms with Gasteiger partial charge in [0.25, 0.3) is 0 Å². The smallest absolute Gasteiger partial charge is 0.128 e. The summed E-state index contributed by atoms with van der Waals surface area (Å²) in [5, 5.41) is 8.96. The Morgan fingerprint density at radius 3 is 2.70 bits per heavy atom. The average Bonchev–Trinajstić information content (AvgIpc) is 2.32. The molecular weight excluding hydrogens is 128 g/mol. The molecule has 1 fully saturated rings. The molecule has 0 amide bonds. The van der Waals surface area contributed by atoms with Crippen LogP contribution < -0.4 is 0 Å². The van der Waals surface area contributed by atoms with Crippen LogP contribution in [-0.2, 0) is 4.79 Å². The van der Waals surface area contributed by atoms with Gasteiger partial charge >= 0.3 is 0 Å². The first-order valence-electron chi connectivity index (χ1n) is 3.82. The zero-order chi connectivity index (χ0) is 7.61. The van der Waals surface area contributed by atoms with Crippen LogP contribution in [0.1, 0.15) is 26.2 Å². The molecule has 10 heavy (non-hydrogen) atoms. The molecule has 2 unspecified atom stereocenters. The lowest BCUT2D eigenvalue weighted by atomic mass is 9.81. The Balaban J connectivity index is 2.70. The molecule has 0 aromatic heterocycles. The highest BCUT2D eigenvalue weighted by molar-refractivity contribution is 5.60. The quantitative estimate of drug-likeness (QED) is 0.584. The van der Waals surface area contributed by atoms with Crippen molar-refractivity contribution in [2.45, 2.75) is 26.2 Å². The van der Waals surface area contributed by atoms with Gasteiger partial charge in [-0.3, -0.25) is 0 Å². The fourth-order valence-corrected chi connectivity index (χ4v) is 1.72. The van der Waals surface area contributed by atoms with Gasteiger partial charge in [0.15, 0.2) is 0 Å². The van der Waals surface area contributed by atoms with Crippen LogP contribution >= 0.6 is 0 Å². The molecule has 0 aliphatic heterocycles. The molecular formula is C8H14O2. The Bertz CT molecular complexity index is 133. The summed E-state index contributed by atoms with van der Waals surface area (Å²) < 4.78 is 0. The zero-order valence-corrected chi connectivity index (χ0v) is 6.34. The molecule has 1 aliphatic rings. The van der Waals surface area contributed by atoms with E-state index in [1.54, 1.807) is 0 Å². The van der Waals surface area contributed by atoms with Crippen molar-refractivity contribution < 1.29 is 9.90 Å². The SMILES string of the molecule is CC1CCCC1(C=O)CO. The van der Waals surface area contributed by atoms with E-state index in [0.29, 0.717) is 5.92 Å². The van der Waals surface area contributed by atoms with E-state index in [2.05, 4.69) is 0 Å². The summed E-state index contributed by atoms with van der Waals surface area (Å²) >= 11 is 0. The maximum atomic E-state index is 10.6. The van der Waals surface area contributed by atoms with E-state index in [1.165, 1.54) is 0 Å². The van der Waals surface area contributed by atoms with Crippen molar-refractivity contribution in [2.24, 2.45) is 11.3 Å². The van der Waals surface area contributed by atoms with E-state index in [-0.39, 0.29) is 12.0 Å². The second-order valence-electron chi connectivity index (χ2n) is 3.30. The predicted octanol–water partition coefficient (Wildman–Crippen LogP) is 0.984. The van der Waals surface area contributed by atoms with Crippen molar-refractivity contribution in [1.29, 1.82) is 0 Å². The number of aliphatic hydroxyl groups is 1. The first-order valence-corrected chi connectivity index (χ1v) is 3.82.